The summed E-state index contributed by atoms with van der Waals surface area (Å²) in [6.45, 7) is 0. The number of amides is 1. The summed E-state index contributed by atoms with van der Waals surface area (Å²) in [5.41, 5.74) is 6.38. The van der Waals surface area contributed by atoms with Crippen LogP contribution in [0.1, 0.15) is 47.7 Å². The topological polar surface area (TPSA) is 76.2 Å². The largest absolute Gasteiger partial charge is 0.392 e. The Kier molecular flexibility index (Phi) is 3.19. The first-order chi connectivity index (χ1) is 7.70. The zero-order valence-electron chi connectivity index (χ0n) is 9.10. The Bertz CT molecular complexity index is 392. The number of carbonyl (C=O) groups is 1. The van der Waals surface area contributed by atoms with Crippen LogP contribution in [0.2, 0.25) is 0 Å². The standard InChI is InChI=1S/C12H16N2O2/c13-12(16)11-9(5-3-7-14-11)8-4-1-2-6-10(8)15/h3,5,7-8,10,15H,1-2,4,6H2,(H2,13,16)/t8-,10-/m1/s1. The first-order valence-corrected chi connectivity index (χ1v) is 5.63. The van der Waals surface area contributed by atoms with Crippen LogP contribution in [0.15, 0.2) is 18.3 Å². The summed E-state index contributed by atoms with van der Waals surface area (Å²) in [6.07, 6.45) is 4.98. The molecule has 0 aromatic carbocycles. The Morgan fingerprint density at radius 3 is 2.88 bits per heavy atom. The molecule has 2 rings (SSSR count). The van der Waals surface area contributed by atoms with E-state index in [9.17, 15) is 9.90 Å². The van der Waals surface area contributed by atoms with Crippen molar-refractivity contribution in [3.05, 3.63) is 29.6 Å². The summed E-state index contributed by atoms with van der Waals surface area (Å²) < 4.78 is 0. The van der Waals surface area contributed by atoms with Crippen molar-refractivity contribution in [1.29, 1.82) is 0 Å². The van der Waals surface area contributed by atoms with Gasteiger partial charge in [0.25, 0.3) is 5.91 Å². The van der Waals surface area contributed by atoms with Crippen LogP contribution in [0.25, 0.3) is 0 Å². The molecule has 1 amide bonds. The zero-order chi connectivity index (χ0) is 11.5. The SMILES string of the molecule is NC(=O)c1ncccc1[C@H]1CCCC[C@H]1O. The maximum atomic E-state index is 11.2. The molecular weight excluding hydrogens is 204 g/mol. The Hall–Kier alpha value is -1.42. The maximum Gasteiger partial charge on any atom is 0.267 e. The van der Waals surface area contributed by atoms with Crippen molar-refractivity contribution in [3.8, 4) is 0 Å². The van der Waals surface area contributed by atoms with Crippen LogP contribution in [0.5, 0.6) is 0 Å². The predicted octanol–water partition coefficient (Wildman–Crippen LogP) is 1.20. The molecule has 0 aliphatic heterocycles. The highest BCUT2D eigenvalue weighted by atomic mass is 16.3. The van der Waals surface area contributed by atoms with Crippen molar-refractivity contribution < 1.29 is 9.90 Å². The van der Waals surface area contributed by atoms with Gasteiger partial charge in [-0.2, -0.15) is 0 Å². The summed E-state index contributed by atoms with van der Waals surface area (Å²) in [7, 11) is 0. The van der Waals surface area contributed by atoms with Gasteiger partial charge in [0.05, 0.1) is 6.10 Å². The lowest BCUT2D eigenvalue weighted by Crippen LogP contribution is -2.26. The van der Waals surface area contributed by atoms with Gasteiger partial charge in [0.15, 0.2) is 0 Å². The quantitative estimate of drug-likeness (QED) is 0.786. The minimum atomic E-state index is -0.520. The number of primary amides is 1. The molecule has 1 heterocycles. The van der Waals surface area contributed by atoms with E-state index < -0.39 is 5.91 Å². The number of nitrogens with two attached hydrogens (primary N) is 1. The lowest BCUT2D eigenvalue weighted by Gasteiger charge is -2.28. The highest BCUT2D eigenvalue weighted by Gasteiger charge is 2.27. The third kappa shape index (κ3) is 2.07. The van der Waals surface area contributed by atoms with Crippen molar-refractivity contribution >= 4 is 5.91 Å². The number of carbonyl (C=O) groups excluding carboxylic acids is 1. The molecular formula is C12H16N2O2. The molecule has 0 saturated heterocycles. The highest BCUT2D eigenvalue weighted by Crippen LogP contribution is 2.33. The van der Waals surface area contributed by atoms with Crippen LogP contribution in [-0.2, 0) is 0 Å². The van der Waals surface area contributed by atoms with Crippen molar-refractivity contribution in [2.75, 3.05) is 0 Å². The Morgan fingerprint density at radius 1 is 1.44 bits per heavy atom. The Morgan fingerprint density at radius 2 is 2.19 bits per heavy atom. The average Bonchev–Trinajstić information content (AvgIpc) is 2.29. The van der Waals surface area contributed by atoms with Gasteiger partial charge in [-0.15, -0.1) is 0 Å². The number of aliphatic hydroxyl groups is 1. The molecule has 0 spiro atoms. The molecule has 4 nitrogen and oxygen atoms in total. The van der Waals surface area contributed by atoms with E-state index >= 15 is 0 Å². The molecule has 86 valence electrons. The van der Waals surface area contributed by atoms with Crippen LogP contribution in [-0.4, -0.2) is 22.1 Å². The molecule has 4 heteroatoms. The molecule has 2 atom stereocenters. The van der Waals surface area contributed by atoms with E-state index in [1.807, 2.05) is 6.07 Å². The van der Waals surface area contributed by atoms with Gasteiger partial charge in [0.1, 0.15) is 5.69 Å². The van der Waals surface area contributed by atoms with Crippen molar-refractivity contribution in [1.82, 2.24) is 4.98 Å². The number of pyridine rings is 1. The van der Waals surface area contributed by atoms with Gasteiger partial charge in [-0.25, -0.2) is 0 Å². The summed E-state index contributed by atoms with van der Waals surface area (Å²) in [6, 6.07) is 3.62. The summed E-state index contributed by atoms with van der Waals surface area (Å²) in [4.78, 5) is 15.3. The molecule has 16 heavy (non-hydrogen) atoms. The second-order valence-corrected chi connectivity index (χ2v) is 4.26. The Labute approximate surface area is 94.5 Å². The molecule has 1 aromatic heterocycles. The summed E-state index contributed by atoms with van der Waals surface area (Å²) >= 11 is 0. The third-order valence-corrected chi connectivity index (χ3v) is 3.20. The lowest BCUT2D eigenvalue weighted by atomic mass is 9.81. The fourth-order valence-corrected chi connectivity index (χ4v) is 2.40. The molecule has 0 radical (unpaired) electrons. The molecule has 1 aliphatic rings. The first kappa shape index (κ1) is 11.1. The van der Waals surface area contributed by atoms with Crippen LogP contribution in [0.4, 0.5) is 0 Å². The number of rotatable bonds is 2. The average molecular weight is 220 g/mol. The molecule has 0 bridgehead atoms. The summed E-state index contributed by atoms with van der Waals surface area (Å²) in [5, 5.41) is 9.95. The molecule has 1 saturated carbocycles. The van der Waals surface area contributed by atoms with Gasteiger partial charge >= 0.3 is 0 Å². The second kappa shape index (κ2) is 4.61. The van der Waals surface area contributed by atoms with Gasteiger partial charge in [0, 0.05) is 12.1 Å². The Balaban J connectivity index is 2.34. The number of nitrogens with zero attached hydrogens (tertiary/aromatic N) is 1. The first-order valence-electron chi connectivity index (χ1n) is 5.63. The van der Waals surface area contributed by atoms with Crippen molar-refractivity contribution in [2.24, 2.45) is 5.73 Å². The smallest absolute Gasteiger partial charge is 0.267 e. The third-order valence-electron chi connectivity index (χ3n) is 3.20. The number of aliphatic hydroxyl groups excluding tert-OH is 1. The van der Waals surface area contributed by atoms with E-state index in [2.05, 4.69) is 4.98 Å². The van der Waals surface area contributed by atoms with Crippen LogP contribution >= 0.6 is 0 Å². The van der Waals surface area contributed by atoms with Gasteiger partial charge in [-0.05, 0) is 24.5 Å². The molecule has 1 aliphatic carbocycles. The van der Waals surface area contributed by atoms with E-state index in [-0.39, 0.29) is 12.0 Å². The summed E-state index contributed by atoms with van der Waals surface area (Å²) in [5.74, 6) is -0.515. The number of hydrogen-bond donors (Lipinski definition) is 2. The zero-order valence-corrected chi connectivity index (χ0v) is 9.10. The van der Waals surface area contributed by atoms with Gasteiger partial charge in [-0.3, -0.25) is 9.78 Å². The van der Waals surface area contributed by atoms with Crippen LogP contribution < -0.4 is 5.73 Å². The van der Waals surface area contributed by atoms with Gasteiger partial charge < -0.3 is 10.8 Å². The van der Waals surface area contributed by atoms with Crippen molar-refractivity contribution in [2.45, 2.75) is 37.7 Å². The van der Waals surface area contributed by atoms with Gasteiger partial charge in [-0.1, -0.05) is 18.9 Å². The van der Waals surface area contributed by atoms with E-state index in [0.717, 1.165) is 31.2 Å². The van der Waals surface area contributed by atoms with E-state index in [0.29, 0.717) is 5.69 Å². The second-order valence-electron chi connectivity index (χ2n) is 4.26. The minimum absolute atomic E-state index is 0.00458. The van der Waals surface area contributed by atoms with Crippen molar-refractivity contribution in [3.63, 3.8) is 0 Å². The molecule has 3 N–H and O–H groups in total. The fourth-order valence-electron chi connectivity index (χ4n) is 2.40. The fraction of sp³-hybridized carbons (Fsp3) is 0.500. The van der Waals surface area contributed by atoms with E-state index in [4.69, 9.17) is 5.73 Å². The molecule has 1 aromatic rings. The lowest BCUT2D eigenvalue weighted by molar-refractivity contribution is 0.0972. The normalized spacial score (nSPS) is 25.3. The van der Waals surface area contributed by atoms with Gasteiger partial charge in [0.2, 0.25) is 0 Å². The number of aromatic nitrogens is 1. The van der Waals surface area contributed by atoms with E-state index in [1.54, 1.807) is 12.3 Å². The predicted molar refractivity (Wildman–Crippen MR) is 60.0 cm³/mol. The van der Waals surface area contributed by atoms with Crippen LogP contribution in [0, 0.1) is 0 Å². The highest BCUT2D eigenvalue weighted by molar-refractivity contribution is 5.92. The molecule has 1 fully saturated rings. The van der Waals surface area contributed by atoms with E-state index in [1.165, 1.54) is 0 Å². The van der Waals surface area contributed by atoms with Crippen LogP contribution in [0.3, 0.4) is 0 Å². The number of hydrogen-bond acceptors (Lipinski definition) is 3. The minimum Gasteiger partial charge on any atom is -0.392 e. The monoisotopic (exact) mass is 220 g/mol. The molecule has 0 unspecified atom stereocenters. The maximum absolute atomic E-state index is 11.2.